The SMILES string of the molecule is FC1SC(F)(F)C(F)C1F.FC1SCC(F)(F)C1(F)F. The van der Waals surface area contributed by atoms with Gasteiger partial charge in [0.25, 0.3) is 0 Å². The highest BCUT2D eigenvalue weighted by Gasteiger charge is 2.67. The molecule has 2 aliphatic heterocycles. The predicted molar refractivity (Wildman–Crippen MR) is 54.5 cm³/mol. The fourth-order valence-electron chi connectivity index (χ4n) is 1.14. The molecule has 0 aromatic rings. The van der Waals surface area contributed by atoms with Gasteiger partial charge >= 0.3 is 17.1 Å². The lowest BCUT2D eigenvalue weighted by Gasteiger charge is -2.17. The molecule has 0 bridgehead atoms. The van der Waals surface area contributed by atoms with Crippen LogP contribution in [0, 0.1) is 0 Å². The largest absolute Gasteiger partial charge is 0.350 e. The number of alkyl halides is 10. The Morgan fingerprint density at radius 2 is 1.35 bits per heavy atom. The first-order valence-electron chi connectivity index (χ1n) is 4.82. The van der Waals surface area contributed by atoms with Gasteiger partial charge < -0.3 is 0 Å². The van der Waals surface area contributed by atoms with E-state index in [4.69, 9.17) is 0 Å². The Hall–Kier alpha value is -0.000000000000000111. The minimum Gasteiger partial charge on any atom is -0.240 e. The van der Waals surface area contributed by atoms with Crippen LogP contribution in [0.2, 0.25) is 0 Å². The fraction of sp³-hybridized carbons (Fsp3) is 1.00. The van der Waals surface area contributed by atoms with Gasteiger partial charge in [-0.25, -0.2) is 17.6 Å². The minimum absolute atomic E-state index is 0.0556. The highest BCUT2D eigenvalue weighted by molar-refractivity contribution is 8.01. The topological polar surface area (TPSA) is 0 Å². The van der Waals surface area contributed by atoms with E-state index in [0.29, 0.717) is 0 Å². The molecule has 2 saturated heterocycles. The third-order valence-electron chi connectivity index (χ3n) is 2.30. The normalized spacial score (nSPS) is 41.1. The maximum absolute atomic E-state index is 12.0. The maximum Gasteiger partial charge on any atom is 0.350 e. The molecule has 12 heteroatoms. The van der Waals surface area contributed by atoms with E-state index in [9.17, 15) is 43.9 Å². The van der Waals surface area contributed by atoms with E-state index >= 15 is 0 Å². The Labute approximate surface area is 114 Å². The highest BCUT2D eigenvalue weighted by Crippen LogP contribution is 2.51. The summed E-state index contributed by atoms with van der Waals surface area (Å²) in [7, 11) is 0. The molecule has 0 radical (unpaired) electrons. The first-order valence-corrected chi connectivity index (χ1v) is 6.75. The van der Waals surface area contributed by atoms with E-state index in [1.807, 2.05) is 0 Å². The lowest BCUT2D eigenvalue weighted by Crippen LogP contribution is -2.41. The molecule has 2 rings (SSSR count). The van der Waals surface area contributed by atoms with Crippen LogP contribution in [0.15, 0.2) is 0 Å². The van der Waals surface area contributed by atoms with Gasteiger partial charge in [0.2, 0.25) is 11.7 Å². The molecule has 20 heavy (non-hydrogen) atoms. The molecular weight excluding hydrogens is 350 g/mol. The Balaban J connectivity index is 0.000000200. The molecule has 0 amide bonds. The molecule has 0 aromatic carbocycles. The van der Waals surface area contributed by atoms with Gasteiger partial charge in [-0.2, -0.15) is 26.3 Å². The van der Waals surface area contributed by atoms with Gasteiger partial charge in [0.15, 0.2) is 11.7 Å². The van der Waals surface area contributed by atoms with Crippen LogP contribution in [-0.4, -0.2) is 46.2 Å². The average molecular weight is 356 g/mol. The second-order valence-corrected chi connectivity index (χ2v) is 6.10. The molecule has 4 atom stereocenters. The summed E-state index contributed by atoms with van der Waals surface area (Å²) in [5.74, 6) is -9.81. The van der Waals surface area contributed by atoms with E-state index in [2.05, 4.69) is 0 Å². The first-order chi connectivity index (χ1) is 8.83. The predicted octanol–water partition coefficient (Wildman–Crippen LogP) is 4.60. The van der Waals surface area contributed by atoms with Crippen molar-refractivity contribution in [2.45, 2.75) is 40.5 Å². The van der Waals surface area contributed by atoms with Gasteiger partial charge in [-0.3, -0.25) is 0 Å². The standard InChI is InChI=1S/2C4H3F5S/c5-2-4(8,9)3(6,7)1-10-2;5-1-2(6)4(8,9)10-3(1)7/h2H,1H2;1-3H. The van der Waals surface area contributed by atoms with Crippen molar-refractivity contribution in [1.82, 2.24) is 0 Å². The number of thioether (sulfide) groups is 2. The van der Waals surface area contributed by atoms with Crippen molar-refractivity contribution in [3.63, 3.8) is 0 Å². The van der Waals surface area contributed by atoms with Crippen molar-refractivity contribution >= 4 is 23.5 Å². The van der Waals surface area contributed by atoms with Gasteiger partial charge in [-0.05, 0) is 11.8 Å². The van der Waals surface area contributed by atoms with Crippen molar-refractivity contribution < 1.29 is 43.9 Å². The Morgan fingerprint density at radius 1 is 0.850 bits per heavy atom. The molecule has 0 N–H and O–H groups in total. The zero-order valence-corrected chi connectivity index (χ0v) is 10.7. The fourth-order valence-corrected chi connectivity index (χ4v) is 2.90. The average Bonchev–Trinajstić information content (AvgIpc) is 2.60. The molecule has 4 unspecified atom stereocenters. The second kappa shape index (κ2) is 5.65. The van der Waals surface area contributed by atoms with Gasteiger partial charge in [0.1, 0.15) is 0 Å². The van der Waals surface area contributed by atoms with Crippen LogP contribution in [-0.2, 0) is 0 Å². The van der Waals surface area contributed by atoms with E-state index in [0.717, 1.165) is 0 Å². The molecule has 2 fully saturated rings. The Kier molecular flexibility index (Phi) is 5.10. The van der Waals surface area contributed by atoms with Gasteiger partial charge in [0, 0.05) is 0 Å². The van der Waals surface area contributed by atoms with E-state index in [1.54, 1.807) is 0 Å². The molecular formula is C8H6F10S2. The summed E-state index contributed by atoms with van der Waals surface area (Å²) < 4.78 is 120. The van der Waals surface area contributed by atoms with E-state index < -0.39 is 58.0 Å². The summed E-state index contributed by atoms with van der Waals surface area (Å²) in [6, 6.07) is 0. The van der Waals surface area contributed by atoms with Crippen LogP contribution in [0.4, 0.5) is 43.9 Å². The Morgan fingerprint density at radius 3 is 1.45 bits per heavy atom. The zero-order chi connectivity index (χ0) is 15.9. The molecule has 0 aliphatic carbocycles. The van der Waals surface area contributed by atoms with Crippen molar-refractivity contribution in [3.05, 3.63) is 0 Å². The highest BCUT2D eigenvalue weighted by atomic mass is 32.2. The summed E-state index contributed by atoms with van der Waals surface area (Å²) in [5, 5.41) is -3.90. The van der Waals surface area contributed by atoms with Crippen LogP contribution in [0.25, 0.3) is 0 Å². The van der Waals surface area contributed by atoms with Crippen LogP contribution in [0.3, 0.4) is 0 Å². The Bertz CT molecular complexity index is 348. The minimum atomic E-state index is -4.49. The number of rotatable bonds is 0. The quantitative estimate of drug-likeness (QED) is 0.582. The molecule has 2 aliphatic rings. The van der Waals surface area contributed by atoms with Gasteiger partial charge in [-0.15, -0.1) is 11.8 Å². The first kappa shape index (κ1) is 18.1. The monoisotopic (exact) mass is 356 g/mol. The summed E-state index contributed by atoms with van der Waals surface area (Å²) in [4.78, 5) is 0. The lowest BCUT2D eigenvalue weighted by molar-refractivity contribution is -0.200. The molecule has 0 saturated carbocycles. The number of hydrogen-bond donors (Lipinski definition) is 0. The molecule has 120 valence electrons. The summed E-state index contributed by atoms with van der Waals surface area (Å²) in [5.41, 5.74) is -5.20. The van der Waals surface area contributed by atoms with Crippen molar-refractivity contribution in [2.75, 3.05) is 5.75 Å². The van der Waals surface area contributed by atoms with Crippen molar-refractivity contribution in [3.8, 4) is 0 Å². The summed E-state index contributed by atoms with van der Waals surface area (Å²) in [6.07, 6.45) is -5.70. The van der Waals surface area contributed by atoms with Crippen molar-refractivity contribution in [1.29, 1.82) is 0 Å². The van der Waals surface area contributed by atoms with Gasteiger partial charge in [-0.1, -0.05) is 0 Å². The van der Waals surface area contributed by atoms with Gasteiger partial charge in [0.05, 0.1) is 5.75 Å². The van der Waals surface area contributed by atoms with Crippen LogP contribution < -0.4 is 0 Å². The lowest BCUT2D eigenvalue weighted by atomic mass is 10.2. The van der Waals surface area contributed by atoms with Crippen molar-refractivity contribution in [2.24, 2.45) is 0 Å². The summed E-state index contributed by atoms with van der Waals surface area (Å²) >= 11 is -0.667. The zero-order valence-electron chi connectivity index (χ0n) is 9.11. The smallest absolute Gasteiger partial charge is 0.240 e. The van der Waals surface area contributed by atoms with E-state index in [-0.39, 0.29) is 11.8 Å². The van der Waals surface area contributed by atoms with Crippen LogP contribution in [0.5, 0.6) is 0 Å². The number of hydrogen-bond acceptors (Lipinski definition) is 2. The third kappa shape index (κ3) is 3.25. The molecule has 0 spiro atoms. The third-order valence-corrected chi connectivity index (χ3v) is 4.45. The molecule has 2 heterocycles. The number of halogens is 10. The maximum atomic E-state index is 12.0. The van der Waals surface area contributed by atoms with Crippen LogP contribution in [0.1, 0.15) is 0 Å². The second-order valence-electron chi connectivity index (χ2n) is 3.83. The van der Waals surface area contributed by atoms with E-state index in [1.165, 1.54) is 0 Å². The molecule has 0 aromatic heterocycles. The summed E-state index contributed by atoms with van der Waals surface area (Å²) in [6.45, 7) is 0. The molecule has 0 nitrogen and oxygen atoms in total. The van der Waals surface area contributed by atoms with Crippen LogP contribution >= 0.6 is 23.5 Å².